The molecule has 5 heteroatoms. The van der Waals surface area contributed by atoms with Crippen LogP contribution in [0.2, 0.25) is 0 Å². The minimum Gasteiger partial charge on any atom is -0.212 e. The van der Waals surface area contributed by atoms with E-state index in [0.29, 0.717) is 19.0 Å². The van der Waals surface area contributed by atoms with Gasteiger partial charge < -0.3 is 0 Å². The molecule has 2 rings (SSSR count). The van der Waals surface area contributed by atoms with E-state index < -0.39 is 10.0 Å². The zero-order chi connectivity index (χ0) is 14.6. The Morgan fingerprint density at radius 3 is 2.40 bits per heavy atom. The highest BCUT2D eigenvalue weighted by Crippen LogP contribution is 2.24. The first kappa shape index (κ1) is 16.0. The van der Waals surface area contributed by atoms with Crippen LogP contribution in [0.1, 0.15) is 31.2 Å². The van der Waals surface area contributed by atoms with Crippen molar-refractivity contribution in [3.63, 3.8) is 0 Å². The molecule has 1 heterocycles. The summed E-state index contributed by atoms with van der Waals surface area (Å²) >= 11 is 3.48. The molecule has 0 amide bonds. The van der Waals surface area contributed by atoms with E-state index in [0.717, 1.165) is 23.7 Å². The smallest absolute Gasteiger partial charge is 0.212 e. The van der Waals surface area contributed by atoms with Crippen LogP contribution in [0.15, 0.2) is 30.3 Å². The number of benzene rings is 1. The monoisotopic (exact) mass is 359 g/mol. The Kier molecular flexibility index (Phi) is 5.64. The topological polar surface area (TPSA) is 37.4 Å². The third-order valence-corrected chi connectivity index (χ3v) is 7.00. The number of nitrogens with zero attached hydrogens (tertiary/aromatic N) is 1. The molecule has 0 radical (unpaired) electrons. The molecular formula is C15H22BrNO2S. The largest absolute Gasteiger partial charge is 0.214 e. The van der Waals surface area contributed by atoms with E-state index >= 15 is 0 Å². The van der Waals surface area contributed by atoms with Crippen LogP contribution >= 0.6 is 15.9 Å². The lowest BCUT2D eigenvalue weighted by molar-refractivity contribution is 0.291. The van der Waals surface area contributed by atoms with E-state index in [9.17, 15) is 8.42 Å². The summed E-state index contributed by atoms with van der Waals surface area (Å²) in [4.78, 5) is 0. The van der Waals surface area contributed by atoms with Gasteiger partial charge in [0.05, 0.1) is 5.75 Å². The number of halogens is 1. The minimum absolute atomic E-state index is 0.0371. The van der Waals surface area contributed by atoms with Crippen LogP contribution in [0, 0.1) is 5.92 Å². The molecule has 1 unspecified atom stereocenters. The quantitative estimate of drug-likeness (QED) is 0.756. The van der Waals surface area contributed by atoms with Crippen molar-refractivity contribution in [2.24, 2.45) is 5.92 Å². The van der Waals surface area contributed by atoms with E-state index in [1.165, 1.54) is 0 Å². The van der Waals surface area contributed by atoms with Gasteiger partial charge in [0.15, 0.2) is 0 Å². The molecule has 1 fully saturated rings. The van der Waals surface area contributed by atoms with Crippen molar-refractivity contribution >= 4 is 26.0 Å². The van der Waals surface area contributed by atoms with Gasteiger partial charge in [0.1, 0.15) is 0 Å². The standard InChI is InChI=1S/C15H22BrNO2S/c1-13(15-5-3-2-4-6-15)12-20(18,19)17-9-7-14(11-16)8-10-17/h2-6,13-14H,7-12H2,1H3. The first-order chi connectivity index (χ1) is 9.53. The summed E-state index contributed by atoms with van der Waals surface area (Å²) in [6.45, 7) is 3.32. The van der Waals surface area contributed by atoms with Gasteiger partial charge in [0.25, 0.3) is 0 Å². The summed E-state index contributed by atoms with van der Waals surface area (Å²) in [5, 5.41) is 0.974. The summed E-state index contributed by atoms with van der Waals surface area (Å²) in [6.07, 6.45) is 1.92. The van der Waals surface area contributed by atoms with E-state index in [1.54, 1.807) is 4.31 Å². The molecular weight excluding hydrogens is 338 g/mol. The second kappa shape index (κ2) is 7.05. The molecule has 1 atom stereocenters. The lowest BCUT2D eigenvalue weighted by atomic mass is 10.0. The van der Waals surface area contributed by atoms with Gasteiger partial charge in [0.2, 0.25) is 10.0 Å². The Morgan fingerprint density at radius 1 is 1.25 bits per heavy atom. The molecule has 0 saturated carbocycles. The van der Waals surface area contributed by atoms with Crippen molar-refractivity contribution in [3.05, 3.63) is 35.9 Å². The first-order valence-electron chi connectivity index (χ1n) is 7.11. The molecule has 1 aromatic rings. The highest BCUT2D eigenvalue weighted by atomic mass is 79.9. The second-order valence-electron chi connectivity index (χ2n) is 5.59. The predicted molar refractivity (Wildman–Crippen MR) is 86.7 cm³/mol. The number of hydrogen-bond acceptors (Lipinski definition) is 2. The maximum Gasteiger partial charge on any atom is 0.214 e. The van der Waals surface area contributed by atoms with Gasteiger partial charge in [-0.1, -0.05) is 53.2 Å². The lowest BCUT2D eigenvalue weighted by Crippen LogP contribution is -2.40. The number of rotatable bonds is 5. The molecule has 0 spiro atoms. The van der Waals surface area contributed by atoms with Gasteiger partial charge in [-0.05, 0) is 30.2 Å². The fourth-order valence-electron chi connectivity index (χ4n) is 2.64. The normalized spacial score (nSPS) is 19.9. The number of sulfonamides is 1. The average molecular weight is 360 g/mol. The van der Waals surface area contributed by atoms with Crippen LogP contribution in [0.4, 0.5) is 0 Å². The molecule has 0 aromatic heterocycles. The van der Waals surface area contributed by atoms with E-state index in [1.807, 2.05) is 37.3 Å². The van der Waals surface area contributed by atoms with Crippen LogP contribution in [-0.2, 0) is 10.0 Å². The Labute approximate surface area is 130 Å². The van der Waals surface area contributed by atoms with Gasteiger partial charge in [-0.15, -0.1) is 0 Å². The Hall–Kier alpha value is -0.390. The first-order valence-corrected chi connectivity index (χ1v) is 9.84. The van der Waals surface area contributed by atoms with E-state index in [2.05, 4.69) is 15.9 Å². The van der Waals surface area contributed by atoms with Crippen LogP contribution in [0.25, 0.3) is 0 Å². The Balaban J connectivity index is 1.98. The maximum absolute atomic E-state index is 12.5. The molecule has 20 heavy (non-hydrogen) atoms. The zero-order valence-corrected chi connectivity index (χ0v) is 14.2. The SMILES string of the molecule is CC(CS(=O)(=O)N1CCC(CBr)CC1)c1ccccc1. The van der Waals surface area contributed by atoms with Gasteiger partial charge in [0, 0.05) is 18.4 Å². The molecule has 0 N–H and O–H groups in total. The van der Waals surface area contributed by atoms with Crippen molar-refractivity contribution < 1.29 is 8.42 Å². The van der Waals surface area contributed by atoms with Crippen molar-refractivity contribution in [2.45, 2.75) is 25.7 Å². The molecule has 3 nitrogen and oxygen atoms in total. The molecule has 112 valence electrons. The summed E-state index contributed by atoms with van der Waals surface area (Å²) in [5.41, 5.74) is 1.09. The number of hydrogen-bond donors (Lipinski definition) is 0. The van der Waals surface area contributed by atoms with Crippen LogP contribution in [0.5, 0.6) is 0 Å². The summed E-state index contributed by atoms with van der Waals surface area (Å²) in [5.74, 6) is 0.860. The van der Waals surface area contributed by atoms with Gasteiger partial charge in [-0.3, -0.25) is 0 Å². The molecule has 1 aliphatic rings. The summed E-state index contributed by atoms with van der Waals surface area (Å²) in [7, 11) is -3.14. The molecule has 1 aromatic carbocycles. The third-order valence-electron chi connectivity index (χ3n) is 4.01. The van der Waals surface area contributed by atoms with E-state index in [4.69, 9.17) is 0 Å². The minimum atomic E-state index is -3.14. The average Bonchev–Trinajstić information content (AvgIpc) is 2.48. The van der Waals surface area contributed by atoms with Crippen molar-refractivity contribution in [2.75, 3.05) is 24.2 Å². The molecule has 1 aliphatic heterocycles. The van der Waals surface area contributed by atoms with Crippen LogP contribution in [-0.4, -0.2) is 36.9 Å². The number of piperidine rings is 1. The Morgan fingerprint density at radius 2 is 1.85 bits per heavy atom. The van der Waals surface area contributed by atoms with Crippen molar-refractivity contribution in [3.8, 4) is 0 Å². The number of alkyl halides is 1. The molecule has 0 bridgehead atoms. The van der Waals surface area contributed by atoms with Crippen molar-refractivity contribution in [1.82, 2.24) is 4.31 Å². The van der Waals surface area contributed by atoms with Gasteiger partial charge in [-0.25, -0.2) is 12.7 Å². The zero-order valence-electron chi connectivity index (χ0n) is 11.8. The van der Waals surface area contributed by atoms with Crippen molar-refractivity contribution in [1.29, 1.82) is 0 Å². The molecule has 0 aliphatic carbocycles. The van der Waals surface area contributed by atoms with Crippen LogP contribution in [0.3, 0.4) is 0 Å². The van der Waals surface area contributed by atoms with Gasteiger partial charge in [-0.2, -0.15) is 0 Å². The summed E-state index contributed by atoms with van der Waals surface area (Å²) < 4.78 is 26.6. The fraction of sp³-hybridized carbons (Fsp3) is 0.600. The lowest BCUT2D eigenvalue weighted by Gasteiger charge is -2.31. The van der Waals surface area contributed by atoms with E-state index in [-0.39, 0.29) is 11.7 Å². The summed E-state index contributed by atoms with van der Waals surface area (Å²) in [6, 6.07) is 9.87. The predicted octanol–water partition coefficient (Wildman–Crippen LogP) is 3.23. The van der Waals surface area contributed by atoms with Crippen LogP contribution < -0.4 is 0 Å². The third kappa shape index (κ3) is 4.06. The Bertz CT molecular complexity index is 510. The fourth-order valence-corrected chi connectivity index (χ4v) is 5.09. The molecule has 1 saturated heterocycles. The maximum atomic E-state index is 12.5. The second-order valence-corrected chi connectivity index (χ2v) is 8.25. The highest BCUT2D eigenvalue weighted by Gasteiger charge is 2.29. The van der Waals surface area contributed by atoms with Gasteiger partial charge >= 0.3 is 0 Å². The highest BCUT2D eigenvalue weighted by molar-refractivity contribution is 9.09.